The van der Waals surface area contributed by atoms with Crippen LogP contribution < -0.4 is 10.1 Å². The molecule has 1 aromatic carbocycles. The summed E-state index contributed by atoms with van der Waals surface area (Å²) in [7, 11) is 1.24. The number of carbonyl (C=O) groups is 1. The second-order valence-corrected chi connectivity index (χ2v) is 5.60. The molecule has 0 aliphatic heterocycles. The van der Waals surface area contributed by atoms with Gasteiger partial charge in [-0.15, -0.1) is 22.6 Å². The van der Waals surface area contributed by atoms with Crippen molar-refractivity contribution < 1.29 is 14.3 Å². The molecule has 0 unspecified atom stereocenters. The van der Waals surface area contributed by atoms with Crippen molar-refractivity contribution in [1.29, 1.82) is 0 Å². The van der Waals surface area contributed by atoms with Crippen molar-refractivity contribution in [2.45, 2.75) is 20.4 Å². The fourth-order valence-corrected chi connectivity index (χ4v) is 2.27. The van der Waals surface area contributed by atoms with Crippen LogP contribution in [0.1, 0.15) is 13.8 Å². The van der Waals surface area contributed by atoms with Crippen LogP contribution in [0.5, 0.6) is 5.88 Å². The largest absolute Gasteiger partial charge is 0.515 e. The lowest BCUT2D eigenvalue weighted by atomic mass is 10.3. The first-order chi connectivity index (χ1) is 12.0. The monoisotopic (exact) mass is 403 g/mol. The maximum Gasteiger partial charge on any atom is 0.515 e. The van der Waals surface area contributed by atoms with Crippen LogP contribution in [0.25, 0.3) is 0 Å². The number of likely N-dealkylation sites (N-methyl/N-ethyl adjacent to an activating group) is 1. The van der Waals surface area contributed by atoms with Gasteiger partial charge in [0, 0.05) is 17.3 Å². The van der Waals surface area contributed by atoms with Crippen molar-refractivity contribution in [2.24, 2.45) is 0 Å². The number of hydrogen-bond acceptors (Lipinski definition) is 7. The molecule has 2 aromatic rings. The van der Waals surface area contributed by atoms with Crippen molar-refractivity contribution in [1.82, 2.24) is 19.9 Å². The summed E-state index contributed by atoms with van der Waals surface area (Å²) in [5.74, 6) is 0.383. The van der Waals surface area contributed by atoms with Gasteiger partial charge in [0.05, 0.1) is 13.7 Å². The number of aromatic nitrogens is 3. The Balaban J connectivity index is 0.00000338. The standard InChI is InChI=1S/C16H22ClN5O3.ClH/c1-4-21(5-2)10-11-22-19-14(15(20-22)25-16(23)24-3)18-13-8-6-12(17)7-9-13;/h6-9H,4-5,10-11H2,1-3H3,(H,18,19);1H. The third-order valence-electron chi connectivity index (χ3n) is 3.59. The van der Waals surface area contributed by atoms with Crippen LogP contribution in [-0.2, 0) is 11.3 Å². The van der Waals surface area contributed by atoms with E-state index in [1.54, 1.807) is 24.3 Å². The molecule has 2 rings (SSSR count). The molecular weight excluding hydrogens is 381 g/mol. The molecule has 0 fully saturated rings. The predicted octanol–water partition coefficient (Wildman–Crippen LogP) is 3.58. The maximum absolute atomic E-state index is 11.4. The van der Waals surface area contributed by atoms with Gasteiger partial charge in [0.2, 0.25) is 5.82 Å². The second-order valence-electron chi connectivity index (χ2n) is 5.16. The van der Waals surface area contributed by atoms with E-state index >= 15 is 0 Å². The third kappa shape index (κ3) is 6.36. The lowest BCUT2D eigenvalue weighted by Gasteiger charge is -2.16. The number of nitrogens with zero attached hydrogens (tertiary/aromatic N) is 4. The Kier molecular flexibility index (Phi) is 9.18. The topological polar surface area (TPSA) is 81.5 Å². The van der Waals surface area contributed by atoms with Gasteiger partial charge in [-0.1, -0.05) is 25.4 Å². The molecule has 0 saturated carbocycles. The Bertz CT molecular complexity index is 690. The van der Waals surface area contributed by atoms with Gasteiger partial charge in [0.25, 0.3) is 5.88 Å². The van der Waals surface area contributed by atoms with Gasteiger partial charge < -0.3 is 19.7 Å². The lowest BCUT2D eigenvalue weighted by molar-refractivity contribution is 0.119. The summed E-state index contributed by atoms with van der Waals surface area (Å²) >= 11 is 5.89. The number of methoxy groups -OCH3 is 1. The number of benzene rings is 1. The first-order valence-electron chi connectivity index (χ1n) is 8.01. The Morgan fingerprint density at radius 1 is 1.23 bits per heavy atom. The lowest BCUT2D eigenvalue weighted by Crippen LogP contribution is -2.27. The van der Waals surface area contributed by atoms with E-state index in [1.807, 2.05) is 0 Å². The van der Waals surface area contributed by atoms with E-state index in [0.717, 1.165) is 25.3 Å². The highest BCUT2D eigenvalue weighted by Gasteiger charge is 2.17. The number of rotatable bonds is 8. The molecule has 144 valence electrons. The summed E-state index contributed by atoms with van der Waals surface area (Å²) in [5.41, 5.74) is 0.745. The summed E-state index contributed by atoms with van der Waals surface area (Å²) in [5, 5.41) is 12.3. The quantitative estimate of drug-likeness (QED) is 0.674. The van der Waals surface area contributed by atoms with Gasteiger partial charge in [0.15, 0.2) is 0 Å². The van der Waals surface area contributed by atoms with E-state index in [1.165, 1.54) is 11.9 Å². The van der Waals surface area contributed by atoms with Crippen molar-refractivity contribution in [3.63, 3.8) is 0 Å². The van der Waals surface area contributed by atoms with Gasteiger partial charge in [0.1, 0.15) is 0 Å². The van der Waals surface area contributed by atoms with E-state index in [4.69, 9.17) is 16.3 Å². The van der Waals surface area contributed by atoms with E-state index in [0.29, 0.717) is 17.4 Å². The molecule has 0 amide bonds. The molecule has 0 spiro atoms. The maximum atomic E-state index is 11.4. The van der Waals surface area contributed by atoms with Gasteiger partial charge in [-0.3, -0.25) is 0 Å². The van der Waals surface area contributed by atoms with Gasteiger partial charge >= 0.3 is 6.16 Å². The minimum absolute atomic E-state index is 0. The highest BCUT2D eigenvalue weighted by molar-refractivity contribution is 6.30. The van der Waals surface area contributed by atoms with Gasteiger partial charge in [-0.25, -0.2) is 4.79 Å². The highest BCUT2D eigenvalue weighted by Crippen LogP contribution is 2.24. The van der Waals surface area contributed by atoms with Crippen LogP contribution in [0.15, 0.2) is 24.3 Å². The average Bonchev–Trinajstić information content (AvgIpc) is 2.99. The minimum atomic E-state index is -0.852. The van der Waals surface area contributed by atoms with Gasteiger partial charge in [-0.2, -0.15) is 4.80 Å². The van der Waals surface area contributed by atoms with E-state index in [-0.39, 0.29) is 18.3 Å². The van der Waals surface area contributed by atoms with Crippen molar-refractivity contribution >= 4 is 41.7 Å². The number of hydrogen-bond donors (Lipinski definition) is 1. The zero-order chi connectivity index (χ0) is 18.2. The predicted molar refractivity (Wildman–Crippen MR) is 103 cm³/mol. The number of nitrogens with one attached hydrogen (secondary N) is 1. The molecule has 1 heterocycles. The molecular formula is C16H23Cl2N5O3. The molecule has 1 aromatic heterocycles. The third-order valence-corrected chi connectivity index (χ3v) is 3.84. The Hall–Kier alpha value is -2.03. The first kappa shape index (κ1) is 22.0. The smallest absolute Gasteiger partial charge is 0.437 e. The highest BCUT2D eigenvalue weighted by atomic mass is 35.5. The van der Waals surface area contributed by atoms with Gasteiger partial charge in [-0.05, 0) is 37.4 Å². The average molecular weight is 404 g/mol. The zero-order valence-electron chi connectivity index (χ0n) is 14.9. The number of halogens is 2. The summed E-state index contributed by atoms with van der Waals surface area (Å²) < 4.78 is 9.60. The summed E-state index contributed by atoms with van der Waals surface area (Å²) in [4.78, 5) is 15.2. The van der Waals surface area contributed by atoms with E-state index in [9.17, 15) is 4.79 Å². The second kappa shape index (κ2) is 10.8. The summed E-state index contributed by atoms with van der Waals surface area (Å²) in [6.07, 6.45) is -0.852. The molecule has 0 bridgehead atoms. The zero-order valence-corrected chi connectivity index (χ0v) is 16.5. The van der Waals surface area contributed by atoms with Crippen LogP contribution in [0, 0.1) is 0 Å². The minimum Gasteiger partial charge on any atom is -0.437 e. The van der Waals surface area contributed by atoms with Crippen molar-refractivity contribution in [3.8, 4) is 5.88 Å². The molecule has 26 heavy (non-hydrogen) atoms. The van der Waals surface area contributed by atoms with Crippen LogP contribution >= 0.6 is 24.0 Å². The van der Waals surface area contributed by atoms with E-state index in [2.05, 4.69) is 39.0 Å². The normalized spacial score (nSPS) is 10.3. The fourth-order valence-electron chi connectivity index (χ4n) is 2.14. The van der Waals surface area contributed by atoms with Crippen LogP contribution in [0.3, 0.4) is 0 Å². The molecule has 0 saturated heterocycles. The molecule has 10 heteroatoms. The van der Waals surface area contributed by atoms with Crippen molar-refractivity contribution in [2.75, 3.05) is 32.1 Å². The number of carbonyl (C=O) groups excluding carboxylic acids is 1. The summed E-state index contributed by atoms with van der Waals surface area (Å²) in [6, 6.07) is 7.07. The van der Waals surface area contributed by atoms with Crippen LogP contribution in [0.2, 0.25) is 5.02 Å². The molecule has 1 N–H and O–H groups in total. The Morgan fingerprint density at radius 2 is 1.88 bits per heavy atom. The number of ether oxygens (including phenoxy) is 2. The van der Waals surface area contributed by atoms with E-state index < -0.39 is 6.16 Å². The molecule has 0 atom stereocenters. The summed E-state index contributed by atoms with van der Waals surface area (Å²) in [6.45, 7) is 7.44. The molecule has 0 radical (unpaired) electrons. The molecule has 0 aliphatic carbocycles. The Morgan fingerprint density at radius 3 is 2.46 bits per heavy atom. The molecule has 8 nitrogen and oxygen atoms in total. The van der Waals surface area contributed by atoms with Crippen LogP contribution in [-0.4, -0.2) is 52.8 Å². The first-order valence-corrected chi connectivity index (χ1v) is 8.39. The Labute approximate surface area is 163 Å². The molecule has 0 aliphatic rings. The fraction of sp³-hybridized carbons (Fsp3) is 0.438. The number of anilines is 2. The van der Waals surface area contributed by atoms with Crippen molar-refractivity contribution in [3.05, 3.63) is 29.3 Å². The SMILES string of the molecule is CCN(CC)CCn1nc(Nc2ccc(Cl)cc2)c(OC(=O)OC)n1.Cl. The van der Waals surface area contributed by atoms with Crippen LogP contribution in [0.4, 0.5) is 16.3 Å².